The molecule has 2 heterocycles. The van der Waals surface area contributed by atoms with Crippen molar-refractivity contribution in [2.45, 2.75) is 107 Å². The molecule has 1 radical (unpaired) electrons. The molecule has 0 saturated heterocycles. The van der Waals surface area contributed by atoms with E-state index in [-0.39, 0.29) is 37.2 Å². The van der Waals surface area contributed by atoms with Crippen LogP contribution in [-0.4, -0.2) is 15.9 Å². The Morgan fingerprint density at radius 2 is 1.65 bits per heavy atom. The minimum absolute atomic E-state index is 0. The quantitative estimate of drug-likeness (QED) is 0.0868. The van der Waals surface area contributed by atoms with E-state index in [0.29, 0.717) is 23.2 Å². The molecule has 1 aromatic heterocycles. The van der Waals surface area contributed by atoms with Crippen molar-refractivity contribution < 1.29 is 34.7 Å². The summed E-state index contributed by atoms with van der Waals surface area (Å²) in [7, 11) is 0. The summed E-state index contributed by atoms with van der Waals surface area (Å²) >= 11 is 0. The van der Waals surface area contributed by atoms with Crippen molar-refractivity contribution in [1.82, 2.24) is 4.98 Å². The van der Waals surface area contributed by atoms with E-state index >= 15 is 0 Å². The van der Waals surface area contributed by atoms with Crippen LogP contribution in [0.4, 0.5) is 0 Å². The van der Waals surface area contributed by atoms with Crippen LogP contribution in [0.2, 0.25) is 0 Å². The van der Waals surface area contributed by atoms with Gasteiger partial charge in [0.2, 0.25) is 0 Å². The maximum absolute atomic E-state index is 12.4. The zero-order chi connectivity index (χ0) is 33.1. The van der Waals surface area contributed by atoms with Crippen molar-refractivity contribution in [2.75, 3.05) is 0 Å². The molecule has 0 bridgehead atoms. The Balaban J connectivity index is 0.000000280. The molecule has 5 heteroatoms. The summed E-state index contributed by atoms with van der Waals surface area (Å²) in [6, 6.07) is 18.6. The minimum atomic E-state index is -0.329. The fourth-order valence-electron chi connectivity index (χ4n) is 6.35. The van der Waals surface area contributed by atoms with E-state index in [1.54, 1.807) is 6.92 Å². The van der Waals surface area contributed by atoms with Gasteiger partial charge in [0, 0.05) is 54.3 Å². The molecule has 4 nitrogen and oxygen atoms in total. The normalized spacial score (nSPS) is 12.8. The molecule has 0 unspecified atom stereocenters. The Labute approximate surface area is 290 Å². The molecule has 5 rings (SSSR count). The Morgan fingerprint density at radius 3 is 2.24 bits per heavy atom. The van der Waals surface area contributed by atoms with Gasteiger partial charge in [-0.15, -0.1) is 17.5 Å². The second-order valence-corrected chi connectivity index (χ2v) is 13.6. The van der Waals surface area contributed by atoms with Gasteiger partial charge in [-0.1, -0.05) is 103 Å². The Kier molecular flexibility index (Phi) is 12.8. The summed E-state index contributed by atoms with van der Waals surface area (Å²) in [5, 5.41) is 14.8. The first-order valence-electron chi connectivity index (χ1n) is 16.9. The van der Waals surface area contributed by atoms with E-state index in [1.807, 2.05) is 40.8 Å². The number of ketones is 1. The van der Waals surface area contributed by atoms with Crippen LogP contribution in [0.5, 0.6) is 11.5 Å². The number of fused-ring (bicyclic) bond motifs is 3. The molecule has 0 fully saturated rings. The second-order valence-electron chi connectivity index (χ2n) is 13.6. The topological polar surface area (TPSA) is 59.4 Å². The predicted octanol–water partition coefficient (Wildman–Crippen LogP) is 11.9. The van der Waals surface area contributed by atoms with E-state index in [1.165, 1.54) is 21.9 Å². The zero-order valence-electron chi connectivity index (χ0n) is 29.4. The molecule has 249 valence electrons. The number of carbonyl (C=O) groups excluding carboxylic acids is 1. The number of nitrogens with zero attached hydrogens (tertiary/aromatic N) is 1. The monoisotopic (exact) mass is 799 g/mol. The van der Waals surface area contributed by atoms with E-state index in [0.717, 1.165) is 65.6 Å². The number of benzene rings is 3. The number of rotatable bonds is 10. The van der Waals surface area contributed by atoms with Gasteiger partial charge in [0.25, 0.3) is 0 Å². The van der Waals surface area contributed by atoms with Crippen molar-refractivity contribution in [3.8, 4) is 22.8 Å². The maximum atomic E-state index is 12.4. The van der Waals surface area contributed by atoms with E-state index in [4.69, 9.17) is 9.72 Å². The SMILES string of the molecule is CC(C)Cc1c2c([c-]c3ccccc13)-c1nccc3cc(C(C)C)cc(c13)O2.CCC(CC)/C(O)=C(\C)C(=O)C(C)(CC)CC.[Ir]. The molecule has 1 aliphatic heterocycles. The van der Waals surface area contributed by atoms with Gasteiger partial charge in [-0.2, -0.15) is 0 Å². The Hall–Kier alpha value is -3.01. The summed E-state index contributed by atoms with van der Waals surface area (Å²) < 4.78 is 6.61. The number of ether oxygens (including phenoxy) is 1. The van der Waals surface area contributed by atoms with E-state index in [2.05, 4.69) is 76.2 Å². The molecule has 0 spiro atoms. The van der Waals surface area contributed by atoms with Crippen LogP contribution in [0, 0.1) is 23.3 Å². The number of aromatic nitrogens is 1. The number of hydrogen-bond acceptors (Lipinski definition) is 4. The predicted molar refractivity (Wildman–Crippen MR) is 189 cm³/mol. The second kappa shape index (κ2) is 15.7. The van der Waals surface area contributed by atoms with Gasteiger partial charge in [-0.25, -0.2) is 0 Å². The van der Waals surface area contributed by atoms with E-state index < -0.39 is 0 Å². The third kappa shape index (κ3) is 7.42. The third-order valence-corrected chi connectivity index (χ3v) is 9.80. The van der Waals surface area contributed by atoms with Crippen LogP contribution in [0.25, 0.3) is 32.8 Å². The molecule has 4 aromatic rings. The average molecular weight is 799 g/mol. The van der Waals surface area contributed by atoms with Crippen LogP contribution < -0.4 is 4.74 Å². The number of Topliss-reactive ketones (excluding diaryl/α,β-unsaturated/α-hetero) is 1. The maximum Gasteiger partial charge on any atom is 0.167 e. The third-order valence-electron chi connectivity index (χ3n) is 9.80. The summed E-state index contributed by atoms with van der Waals surface area (Å²) in [5.74, 6) is 3.36. The van der Waals surface area contributed by atoms with E-state index in [9.17, 15) is 9.90 Å². The molecule has 0 saturated carbocycles. The molecule has 0 aliphatic carbocycles. The first kappa shape index (κ1) is 37.4. The molecule has 1 aliphatic rings. The van der Waals surface area contributed by atoms with Crippen LogP contribution >= 0.6 is 0 Å². The molecular formula is C41H52IrNO3-. The number of allylic oxidation sites excluding steroid dienone is 2. The first-order valence-corrected chi connectivity index (χ1v) is 16.9. The van der Waals surface area contributed by atoms with Gasteiger partial charge in [-0.3, -0.25) is 9.78 Å². The minimum Gasteiger partial charge on any atom is -0.512 e. The molecule has 0 atom stereocenters. The number of pyridine rings is 1. The molecule has 3 aromatic carbocycles. The summed E-state index contributed by atoms with van der Waals surface area (Å²) in [6.07, 6.45) is 6.26. The summed E-state index contributed by atoms with van der Waals surface area (Å²) in [5.41, 5.74) is 4.76. The summed E-state index contributed by atoms with van der Waals surface area (Å²) in [4.78, 5) is 17.2. The van der Waals surface area contributed by atoms with Gasteiger partial charge >= 0.3 is 0 Å². The number of hydrogen-bond donors (Lipinski definition) is 1. The average Bonchev–Trinajstić information content (AvgIpc) is 3.04. The first-order chi connectivity index (χ1) is 21.4. The van der Waals surface area contributed by atoms with Crippen LogP contribution in [-0.2, 0) is 31.3 Å². The molecule has 0 amide bonds. The fraction of sp³-hybridized carbons (Fsp3) is 0.463. The largest absolute Gasteiger partial charge is 0.512 e. The van der Waals surface area contributed by atoms with Gasteiger partial charge < -0.3 is 9.84 Å². The van der Waals surface area contributed by atoms with Crippen LogP contribution in [0.1, 0.15) is 112 Å². The Bertz CT molecular complexity index is 1710. The van der Waals surface area contributed by atoms with Crippen LogP contribution in [0.15, 0.2) is 60.0 Å². The molecular weight excluding hydrogens is 747 g/mol. The van der Waals surface area contributed by atoms with Gasteiger partial charge in [0.15, 0.2) is 5.78 Å². The van der Waals surface area contributed by atoms with Gasteiger partial charge in [0.1, 0.15) is 11.5 Å². The van der Waals surface area contributed by atoms with Crippen LogP contribution in [0.3, 0.4) is 0 Å². The van der Waals surface area contributed by atoms with Gasteiger partial charge in [0.05, 0.1) is 5.75 Å². The standard InChI is InChI=1S/C26H24NO.C15H28O2.Ir/c1-15(2)11-21-20-8-6-5-7-17(20)13-22-25-24-18(9-10-27-25)12-19(16(3)4)14-23(24)28-26(21)22;1-7-12(8-2)13(16)11(5)14(17)15(6,9-3)10-4;/h5-10,12,14-16H,11H2,1-4H3;12,16H,7-10H2,1-6H3;/q-1;;/b;13-11-;. The van der Waals surface area contributed by atoms with Crippen molar-refractivity contribution in [1.29, 1.82) is 0 Å². The van der Waals surface area contributed by atoms with Crippen molar-refractivity contribution in [2.24, 2.45) is 17.3 Å². The van der Waals surface area contributed by atoms with Crippen molar-refractivity contribution in [3.63, 3.8) is 0 Å². The molecule has 46 heavy (non-hydrogen) atoms. The zero-order valence-corrected chi connectivity index (χ0v) is 31.8. The fourth-order valence-corrected chi connectivity index (χ4v) is 6.35. The van der Waals surface area contributed by atoms with Crippen molar-refractivity contribution in [3.05, 3.63) is 77.2 Å². The number of aliphatic hydroxyl groups excluding tert-OH is 1. The Morgan fingerprint density at radius 1 is 1.00 bits per heavy atom. The smallest absolute Gasteiger partial charge is 0.167 e. The van der Waals surface area contributed by atoms with Gasteiger partial charge in [-0.05, 0) is 73.9 Å². The molecule has 1 N–H and O–H groups in total. The van der Waals surface area contributed by atoms with Crippen molar-refractivity contribution >= 4 is 27.3 Å². The number of aliphatic hydroxyl groups is 1. The number of carbonyl (C=O) groups is 1. The summed E-state index contributed by atoms with van der Waals surface area (Å²) in [6.45, 7) is 20.8.